The Morgan fingerprint density at radius 2 is 1.85 bits per heavy atom. The standard InChI is InChI=1S/C10H9NO2/c1-8(12)7-10(13)11-9-5-3-2-4-6-9/h2-6H,1,7H2/p+1. The molecule has 66 valence electrons. The maximum atomic E-state index is 11.1. The van der Waals surface area contributed by atoms with Crippen molar-refractivity contribution in [3.63, 3.8) is 0 Å². The van der Waals surface area contributed by atoms with Gasteiger partial charge in [-0.15, -0.1) is 0 Å². The number of carbonyl (C=O) groups excluding carboxylic acids is 2. The summed E-state index contributed by atoms with van der Waals surface area (Å²) in [5, 5.41) is 2.57. The van der Waals surface area contributed by atoms with Crippen molar-refractivity contribution in [1.29, 1.82) is 0 Å². The largest absolute Gasteiger partial charge is 0.326 e. The van der Waals surface area contributed by atoms with E-state index in [1.807, 2.05) is 18.2 Å². The van der Waals surface area contributed by atoms with Crippen molar-refractivity contribution in [3.05, 3.63) is 37.3 Å². The second-order valence-corrected chi connectivity index (χ2v) is 2.63. The molecule has 0 aliphatic rings. The molecule has 0 atom stereocenters. The summed E-state index contributed by atoms with van der Waals surface area (Å²) >= 11 is 0. The van der Waals surface area contributed by atoms with Crippen LogP contribution in [0.4, 0.5) is 5.69 Å². The van der Waals surface area contributed by atoms with E-state index in [1.165, 1.54) is 0 Å². The Bertz CT molecular complexity index is 306. The smallest absolute Gasteiger partial charge is 0.312 e. The average Bonchev–Trinajstić information content (AvgIpc) is 2.04. The van der Waals surface area contributed by atoms with Crippen LogP contribution in [-0.2, 0) is 9.59 Å². The number of benzene rings is 1. The molecule has 0 spiro atoms. The third kappa shape index (κ3) is 3.42. The van der Waals surface area contributed by atoms with Gasteiger partial charge >= 0.3 is 5.78 Å². The fourth-order valence-electron chi connectivity index (χ4n) is 0.906. The van der Waals surface area contributed by atoms with Crippen LogP contribution in [0.3, 0.4) is 0 Å². The first-order valence-electron chi connectivity index (χ1n) is 3.88. The number of para-hydroxylation sites is 1. The predicted molar refractivity (Wildman–Crippen MR) is 50.1 cm³/mol. The Kier molecular flexibility index (Phi) is 3.09. The van der Waals surface area contributed by atoms with E-state index in [4.69, 9.17) is 0 Å². The molecule has 0 saturated heterocycles. The summed E-state index contributed by atoms with van der Waals surface area (Å²) in [7, 11) is 0. The first-order valence-corrected chi connectivity index (χ1v) is 3.88. The maximum absolute atomic E-state index is 11.1. The topological polar surface area (TPSA) is 46.2 Å². The zero-order valence-electron chi connectivity index (χ0n) is 7.12. The molecule has 0 bridgehead atoms. The fraction of sp³-hybridized carbons (Fsp3) is 0.100. The van der Waals surface area contributed by atoms with Crippen molar-refractivity contribution in [2.75, 3.05) is 5.32 Å². The second-order valence-electron chi connectivity index (χ2n) is 2.63. The zero-order chi connectivity index (χ0) is 9.68. The number of nitrogens with one attached hydrogen (secondary N) is 1. The van der Waals surface area contributed by atoms with E-state index in [9.17, 15) is 9.59 Å². The van der Waals surface area contributed by atoms with Gasteiger partial charge in [0.05, 0.1) is 0 Å². The van der Waals surface area contributed by atoms with Crippen molar-refractivity contribution < 1.29 is 9.59 Å². The van der Waals surface area contributed by atoms with Crippen LogP contribution in [-0.4, -0.2) is 11.7 Å². The molecule has 0 aromatic heterocycles. The molecule has 1 rings (SSSR count). The van der Waals surface area contributed by atoms with Gasteiger partial charge in [0.15, 0.2) is 0 Å². The van der Waals surface area contributed by atoms with Gasteiger partial charge < -0.3 is 5.32 Å². The van der Waals surface area contributed by atoms with Crippen LogP contribution in [0, 0.1) is 6.92 Å². The molecule has 1 amide bonds. The molecule has 0 aliphatic carbocycles. The summed E-state index contributed by atoms with van der Waals surface area (Å²) < 4.78 is 0. The average molecular weight is 176 g/mol. The van der Waals surface area contributed by atoms with Gasteiger partial charge in [-0.05, 0) is 12.1 Å². The van der Waals surface area contributed by atoms with E-state index in [2.05, 4.69) is 12.2 Å². The van der Waals surface area contributed by atoms with Crippen molar-refractivity contribution in [2.45, 2.75) is 6.42 Å². The van der Waals surface area contributed by atoms with Crippen LogP contribution in [0.15, 0.2) is 30.3 Å². The first-order chi connectivity index (χ1) is 6.18. The summed E-state index contributed by atoms with van der Waals surface area (Å²) in [5.41, 5.74) is 0.689. The number of anilines is 1. The molecule has 0 radical (unpaired) electrons. The van der Waals surface area contributed by atoms with Crippen molar-refractivity contribution in [2.24, 2.45) is 0 Å². The van der Waals surface area contributed by atoms with E-state index in [0.717, 1.165) is 0 Å². The van der Waals surface area contributed by atoms with Gasteiger partial charge in [-0.2, -0.15) is 0 Å². The molecule has 0 fully saturated rings. The van der Waals surface area contributed by atoms with E-state index < -0.39 is 0 Å². The summed E-state index contributed by atoms with van der Waals surface area (Å²) in [6.07, 6.45) is -0.172. The molecule has 1 aromatic rings. The monoisotopic (exact) mass is 176 g/mol. The second kappa shape index (κ2) is 4.30. The van der Waals surface area contributed by atoms with Crippen LogP contribution in [0.5, 0.6) is 0 Å². The minimum absolute atomic E-state index is 0.172. The highest BCUT2D eigenvalue weighted by Gasteiger charge is 2.09. The summed E-state index contributed by atoms with van der Waals surface area (Å²) in [5.74, 6) is -0.709. The van der Waals surface area contributed by atoms with Crippen LogP contribution in [0.1, 0.15) is 6.42 Å². The highest BCUT2D eigenvalue weighted by atomic mass is 16.2. The van der Waals surface area contributed by atoms with E-state index in [1.54, 1.807) is 12.1 Å². The molecule has 13 heavy (non-hydrogen) atoms. The zero-order valence-corrected chi connectivity index (χ0v) is 7.12. The van der Waals surface area contributed by atoms with Gasteiger partial charge in [-0.3, -0.25) is 4.79 Å². The van der Waals surface area contributed by atoms with E-state index in [0.29, 0.717) is 5.69 Å². The van der Waals surface area contributed by atoms with Crippen LogP contribution in [0.2, 0.25) is 0 Å². The third-order valence-electron chi connectivity index (χ3n) is 1.42. The molecule has 3 heteroatoms. The van der Waals surface area contributed by atoms with Crippen molar-refractivity contribution in [3.8, 4) is 0 Å². The minimum Gasteiger partial charge on any atom is -0.326 e. The number of Topliss-reactive ketones (excluding diaryl/α,β-unsaturated/α-hetero) is 1. The Balaban J connectivity index is 2.50. The summed E-state index contributed by atoms with van der Waals surface area (Å²) in [6, 6.07) is 8.97. The van der Waals surface area contributed by atoms with E-state index in [-0.39, 0.29) is 18.1 Å². The molecule has 0 heterocycles. The molecule has 0 unspecified atom stereocenters. The number of carbonyl (C=O) groups is 2. The Labute approximate surface area is 76.8 Å². The fourth-order valence-corrected chi connectivity index (χ4v) is 0.906. The lowest BCUT2D eigenvalue weighted by atomic mass is 10.2. The molecule has 1 aromatic carbocycles. The highest BCUT2D eigenvalue weighted by Crippen LogP contribution is 2.05. The minimum atomic E-state index is -0.381. The maximum Gasteiger partial charge on any atom is 0.312 e. The van der Waals surface area contributed by atoms with Crippen LogP contribution >= 0.6 is 0 Å². The van der Waals surface area contributed by atoms with Gasteiger partial charge in [0.25, 0.3) is 0 Å². The SMILES string of the molecule is [CH2+]C(=O)CC(=O)Nc1ccccc1. The number of amides is 1. The molecular weight excluding hydrogens is 166 g/mol. The van der Waals surface area contributed by atoms with Gasteiger partial charge in [-0.1, -0.05) is 18.2 Å². The molecular formula is C10H10NO2+. The Morgan fingerprint density at radius 3 is 2.38 bits per heavy atom. The number of hydrogen-bond donors (Lipinski definition) is 1. The van der Waals surface area contributed by atoms with Crippen LogP contribution < -0.4 is 5.32 Å². The molecule has 3 nitrogen and oxygen atoms in total. The Hall–Kier alpha value is -1.77. The van der Waals surface area contributed by atoms with Crippen LogP contribution in [0.25, 0.3) is 0 Å². The predicted octanol–water partition coefficient (Wildman–Crippen LogP) is 1.42. The quantitative estimate of drug-likeness (QED) is 0.559. The van der Waals surface area contributed by atoms with E-state index >= 15 is 0 Å². The third-order valence-corrected chi connectivity index (χ3v) is 1.42. The molecule has 0 saturated carbocycles. The Morgan fingerprint density at radius 1 is 1.23 bits per heavy atom. The highest BCUT2D eigenvalue weighted by molar-refractivity contribution is 6.05. The number of ketones is 1. The number of hydrogen-bond acceptors (Lipinski definition) is 2. The van der Waals surface area contributed by atoms with Gasteiger partial charge in [0.1, 0.15) is 13.3 Å². The first kappa shape index (κ1) is 9.32. The van der Waals surface area contributed by atoms with Gasteiger partial charge in [-0.25, -0.2) is 4.79 Å². The van der Waals surface area contributed by atoms with Gasteiger partial charge in [0, 0.05) is 5.69 Å². The number of rotatable bonds is 3. The normalized spacial score (nSPS) is 9.23. The summed E-state index contributed by atoms with van der Waals surface area (Å²) in [6.45, 7) is 3.12. The molecule has 0 aliphatic heterocycles. The van der Waals surface area contributed by atoms with Crippen molar-refractivity contribution >= 4 is 17.4 Å². The lowest BCUT2D eigenvalue weighted by Gasteiger charge is -2.00. The molecule has 1 N–H and O–H groups in total. The lowest BCUT2D eigenvalue weighted by molar-refractivity contribution is -0.123. The summed E-state index contributed by atoms with van der Waals surface area (Å²) in [4.78, 5) is 21.5. The lowest BCUT2D eigenvalue weighted by Crippen LogP contribution is -2.14. The van der Waals surface area contributed by atoms with Gasteiger partial charge in [0.2, 0.25) is 5.91 Å². The van der Waals surface area contributed by atoms with Crippen molar-refractivity contribution in [1.82, 2.24) is 0 Å².